The number of hydrogen-bond donors (Lipinski definition) is 2. The quantitative estimate of drug-likeness (QED) is 0.686. The zero-order valence-corrected chi connectivity index (χ0v) is 16.2. The van der Waals surface area contributed by atoms with Gasteiger partial charge < -0.3 is 5.73 Å². The molecule has 4 rings (SSSR count). The van der Waals surface area contributed by atoms with Gasteiger partial charge in [-0.25, -0.2) is 14.8 Å². The number of nitrogens with one attached hydrogen (secondary N) is 1. The number of amides is 2. The highest BCUT2D eigenvalue weighted by Gasteiger charge is 2.30. The molecule has 1 fully saturated rings. The highest BCUT2D eigenvalue weighted by Crippen LogP contribution is 2.32. The number of nitrogens with two attached hydrogens (primary N) is 1. The van der Waals surface area contributed by atoms with Crippen molar-refractivity contribution >= 4 is 23.4 Å². The predicted octanol–water partition coefficient (Wildman–Crippen LogP) is 4.49. The molecule has 1 saturated carbocycles. The van der Waals surface area contributed by atoms with Crippen molar-refractivity contribution in [3.63, 3.8) is 0 Å². The first-order valence-electron chi connectivity index (χ1n) is 9.90. The van der Waals surface area contributed by atoms with Crippen LogP contribution in [0.1, 0.15) is 32.1 Å². The standard InChI is InChI=1S/C22H24N6O/c23-18-11-12-19(16-7-6-13-24-15-16)26-21(18)28(17-8-2-1-3-9-17)22(29)27-20-10-4-5-14-25-20/h4-7,10-15,17H,1-3,8-9,23H2,(H,25,27,29). The lowest BCUT2D eigenvalue weighted by molar-refractivity contribution is 0.252. The van der Waals surface area contributed by atoms with Crippen molar-refractivity contribution < 1.29 is 4.79 Å². The maximum absolute atomic E-state index is 13.3. The molecule has 7 nitrogen and oxygen atoms in total. The molecule has 29 heavy (non-hydrogen) atoms. The summed E-state index contributed by atoms with van der Waals surface area (Å²) in [7, 11) is 0. The molecule has 0 unspecified atom stereocenters. The summed E-state index contributed by atoms with van der Waals surface area (Å²) >= 11 is 0. The lowest BCUT2D eigenvalue weighted by Crippen LogP contribution is -2.45. The first-order valence-corrected chi connectivity index (χ1v) is 9.90. The average molecular weight is 388 g/mol. The predicted molar refractivity (Wildman–Crippen MR) is 114 cm³/mol. The number of rotatable bonds is 4. The molecule has 3 aromatic heterocycles. The molecule has 0 bridgehead atoms. The second-order valence-electron chi connectivity index (χ2n) is 7.16. The zero-order valence-electron chi connectivity index (χ0n) is 16.2. The van der Waals surface area contributed by atoms with Crippen LogP contribution in [0.4, 0.5) is 22.1 Å². The number of urea groups is 1. The van der Waals surface area contributed by atoms with Crippen molar-refractivity contribution in [3.05, 3.63) is 61.1 Å². The lowest BCUT2D eigenvalue weighted by atomic mass is 9.94. The van der Waals surface area contributed by atoms with Gasteiger partial charge in [0.05, 0.1) is 11.4 Å². The Hall–Kier alpha value is -3.48. The molecule has 2 amide bonds. The highest BCUT2D eigenvalue weighted by molar-refractivity contribution is 6.03. The van der Waals surface area contributed by atoms with Crippen LogP contribution in [-0.2, 0) is 0 Å². The van der Waals surface area contributed by atoms with Crippen LogP contribution < -0.4 is 16.0 Å². The Balaban J connectivity index is 1.71. The van der Waals surface area contributed by atoms with Gasteiger partial charge in [0.2, 0.25) is 0 Å². The van der Waals surface area contributed by atoms with Crippen LogP contribution in [-0.4, -0.2) is 27.0 Å². The van der Waals surface area contributed by atoms with Crippen molar-refractivity contribution in [3.8, 4) is 11.3 Å². The Labute approximate surface area is 170 Å². The number of aromatic nitrogens is 3. The van der Waals surface area contributed by atoms with E-state index in [2.05, 4.69) is 15.3 Å². The molecule has 0 spiro atoms. The highest BCUT2D eigenvalue weighted by atomic mass is 16.2. The average Bonchev–Trinajstić information content (AvgIpc) is 2.77. The van der Waals surface area contributed by atoms with Gasteiger partial charge in [-0.05, 0) is 49.2 Å². The fraction of sp³-hybridized carbons (Fsp3) is 0.273. The maximum Gasteiger partial charge on any atom is 0.328 e. The van der Waals surface area contributed by atoms with Crippen molar-refractivity contribution in [1.82, 2.24) is 15.0 Å². The van der Waals surface area contributed by atoms with E-state index in [0.29, 0.717) is 17.3 Å². The number of carbonyl (C=O) groups excluding carboxylic acids is 1. The van der Waals surface area contributed by atoms with Crippen LogP contribution >= 0.6 is 0 Å². The number of hydrogen-bond acceptors (Lipinski definition) is 5. The van der Waals surface area contributed by atoms with E-state index in [0.717, 1.165) is 36.9 Å². The Morgan fingerprint density at radius 2 is 1.90 bits per heavy atom. The summed E-state index contributed by atoms with van der Waals surface area (Å²) in [6.45, 7) is 0. The van der Waals surface area contributed by atoms with Crippen LogP contribution in [0.5, 0.6) is 0 Å². The third kappa shape index (κ3) is 4.34. The van der Waals surface area contributed by atoms with Crippen LogP contribution in [0.25, 0.3) is 11.3 Å². The van der Waals surface area contributed by atoms with Gasteiger partial charge in [0, 0.05) is 30.2 Å². The molecule has 0 aliphatic heterocycles. The van der Waals surface area contributed by atoms with Gasteiger partial charge in [0.25, 0.3) is 0 Å². The molecule has 3 aromatic rings. The minimum atomic E-state index is -0.266. The molecule has 3 heterocycles. The lowest BCUT2D eigenvalue weighted by Gasteiger charge is -2.34. The minimum Gasteiger partial charge on any atom is -0.396 e. The maximum atomic E-state index is 13.3. The summed E-state index contributed by atoms with van der Waals surface area (Å²) in [5, 5.41) is 2.89. The number of anilines is 3. The van der Waals surface area contributed by atoms with Gasteiger partial charge in [-0.3, -0.25) is 15.2 Å². The zero-order chi connectivity index (χ0) is 20.1. The van der Waals surface area contributed by atoms with E-state index in [1.54, 1.807) is 35.6 Å². The molecule has 148 valence electrons. The summed E-state index contributed by atoms with van der Waals surface area (Å²) in [4.78, 5) is 28.1. The van der Waals surface area contributed by atoms with Crippen LogP contribution in [0.2, 0.25) is 0 Å². The molecule has 0 radical (unpaired) electrons. The summed E-state index contributed by atoms with van der Waals surface area (Å²) in [5.74, 6) is 0.979. The van der Waals surface area contributed by atoms with Gasteiger partial charge in [-0.15, -0.1) is 0 Å². The molecule has 0 aromatic carbocycles. The largest absolute Gasteiger partial charge is 0.396 e. The van der Waals surface area contributed by atoms with E-state index in [9.17, 15) is 4.79 Å². The third-order valence-corrected chi connectivity index (χ3v) is 5.15. The summed E-state index contributed by atoms with van der Waals surface area (Å²) in [5.41, 5.74) is 8.37. The minimum absolute atomic E-state index is 0.0476. The van der Waals surface area contributed by atoms with Gasteiger partial charge in [0.1, 0.15) is 5.82 Å². The first-order chi connectivity index (χ1) is 14.2. The SMILES string of the molecule is Nc1ccc(-c2cccnc2)nc1N(C(=O)Nc1ccccn1)C1CCCCC1. The fourth-order valence-electron chi connectivity index (χ4n) is 3.71. The molecule has 0 atom stereocenters. The van der Waals surface area contributed by atoms with Crippen molar-refractivity contribution in [2.45, 2.75) is 38.1 Å². The Morgan fingerprint density at radius 3 is 2.62 bits per heavy atom. The summed E-state index contributed by atoms with van der Waals surface area (Å²) < 4.78 is 0. The van der Waals surface area contributed by atoms with Gasteiger partial charge in [-0.1, -0.05) is 25.3 Å². The second-order valence-corrected chi connectivity index (χ2v) is 7.16. The smallest absolute Gasteiger partial charge is 0.328 e. The van der Waals surface area contributed by atoms with Crippen molar-refractivity contribution in [1.29, 1.82) is 0 Å². The van der Waals surface area contributed by atoms with Crippen LogP contribution in [0.3, 0.4) is 0 Å². The Morgan fingerprint density at radius 1 is 1.03 bits per heavy atom. The van der Waals surface area contributed by atoms with Crippen molar-refractivity contribution in [2.24, 2.45) is 0 Å². The Kier molecular flexibility index (Phi) is 5.65. The number of nitrogens with zero attached hydrogens (tertiary/aromatic N) is 4. The summed E-state index contributed by atoms with van der Waals surface area (Å²) in [6.07, 6.45) is 10.3. The van der Waals surface area contributed by atoms with E-state index in [1.807, 2.05) is 30.3 Å². The van der Waals surface area contributed by atoms with E-state index in [-0.39, 0.29) is 12.1 Å². The monoisotopic (exact) mass is 388 g/mol. The van der Waals surface area contributed by atoms with Gasteiger partial charge in [-0.2, -0.15) is 0 Å². The molecule has 3 N–H and O–H groups in total. The topological polar surface area (TPSA) is 97.0 Å². The van der Waals surface area contributed by atoms with Gasteiger partial charge >= 0.3 is 6.03 Å². The van der Waals surface area contributed by atoms with E-state index in [4.69, 9.17) is 10.7 Å². The molecule has 1 aliphatic carbocycles. The normalized spacial score (nSPS) is 14.3. The Bertz CT molecular complexity index is 958. The molecule has 7 heteroatoms. The molecular weight excluding hydrogens is 364 g/mol. The third-order valence-electron chi connectivity index (χ3n) is 5.15. The van der Waals surface area contributed by atoms with E-state index >= 15 is 0 Å². The van der Waals surface area contributed by atoms with Crippen LogP contribution in [0.15, 0.2) is 61.1 Å². The number of nitrogen functional groups attached to an aromatic ring is 1. The molecular formula is C22H24N6O. The molecule has 0 saturated heterocycles. The number of pyridine rings is 3. The summed E-state index contributed by atoms with van der Waals surface area (Å²) in [6, 6.07) is 12.6. The first kappa shape index (κ1) is 18.9. The van der Waals surface area contributed by atoms with E-state index in [1.165, 1.54) is 6.42 Å². The van der Waals surface area contributed by atoms with E-state index < -0.39 is 0 Å². The molecule has 1 aliphatic rings. The van der Waals surface area contributed by atoms with Crippen LogP contribution in [0, 0.1) is 0 Å². The van der Waals surface area contributed by atoms with Crippen molar-refractivity contribution in [2.75, 3.05) is 16.0 Å². The van der Waals surface area contributed by atoms with Gasteiger partial charge in [0.15, 0.2) is 5.82 Å². The second kappa shape index (κ2) is 8.68. The number of carbonyl (C=O) groups is 1. The fourth-order valence-corrected chi connectivity index (χ4v) is 3.71.